The smallest absolute Gasteiger partial charge is 0.404 e. The fraction of sp³-hybridized carbons (Fsp3) is 0.118. The SMILES string of the molecule is NC(=O)OCC(c1cccc(Cl)c1)n1cnc2cc(Br)ccc2c1=O. The van der Waals surface area contributed by atoms with Gasteiger partial charge in [-0.2, -0.15) is 0 Å². The van der Waals surface area contributed by atoms with E-state index in [9.17, 15) is 9.59 Å². The normalized spacial score (nSPS) is 12.1. The van der Waals surface area contributed by atoms with Gasteiger partial charge < -0.3 is 10.5 Å². The van der Waals surface area contributed by atoms with Gasteiger partial charge in [0, 0.05) is 9.50 Å². The molecule has 0 radical (unpaired) electrons. The molecule has 128 valence electrons. The minimum atomic E-state index is -0.919. The summed E-state index contributed by atoms with van der Waals surface area (Å²) in [6.45, 7) is -0.112. The Hall–Kier alpha value is -2.38. The van der Waals surface area contributed by atoms with E-state index in [1.807, 2.05) is 0 Å². The molecule has 0 aliphatic heterocycles. The first-order valence-corrected chi connectivity index (χ1v) is 8.47. The second-order valence-electron chi connectivity index (χ2n) is 5.32. The van der Waals surface area contributed by atoms with Crippen molar-refractivity contribution in [1.82, 2.24) is 9.55 Å². The van der Waals surface area contributed by atoms with Crippen LogP contribution in [0.25, 0.3) is 10.9 Å². The first-order valence-electron chi connectivity index (χ1n) is 7.30. The van der Waals surface area contributed by atoms with Crippen LogP contribution in [0.1, 0.15) is 11.6 Å². The molecule has 1 unspecified atom stereocenters. The molecule has 1 atom stereocenters. The van der Waals surface area contributed by atoms with Crippen molar-refractivity contribution in [1.29, 1.82) is 0 Å². The van der Waals surface area contributed by atoms with Crippen LogP contribution in [-0.4, -0.2) is 22.3 Å². The molecular weight excluding hydrogens is 410 g/mol. The molecule has 2 aromatic carbocycles. The van der Waals surface area contributed by atoms with E-state index in [1.54, 1.807) is 42.5 Å². The lowest BCUT2D eigenvalue weighted by Crippen LogP contribution is -2.30. The van der Waals surface area contributed by atoms with Gasteiger partial charge in [0.15, 0.2) is 0 Å². The van der Waals surface area contributed by atoms with Gasteiger partial charge in [-0.25, -0.2) is 9.78 Å². The number of ether oxygens (including phenoxy) is 1. The number of primary amides is 1. The molecule has 0 aliphatic rings. The van der Waals surface area contributed by atoms with Gasteiger partial charge in [0.25, 0.3) is 5.56 Å². The molecule has 0 fully saturated rings. The number of nitrogens with two attached hydrogens (primary N) is 1. The number of halogens is 2. The minimum Gasteiger partial charge on any atom is -0.447 e. The molecule has 8 heteroatoms. The third kappa shape index (κ3) is 3.83. The highest BCUT2D eigenvalue weighted by atomic mass is 79.9. The van der Waals surface area contributed by atoms with Gasteiger partial charge in [0.1, 0.15) is 6.61 Å². The number of amides is 1. The maximum atomic E-state index is 12.9. The fourth-order valence-corrected chi connectivity index (χ4v) is 3.09. The summed E-state index contributed by atoms with van der Waals surface area (Å²) in [6, 6.07) is 11.6. The van der Waals surface area contributed by atoms with Crippen molar-refractivity contribution < 1.29 is 9.53 Å². The van der Waals surface area contributed by atoms with Gasteiger partial charge >= 0.3 is 6.09 Å². The lowest BCUT2D eigenvalue weighted by Gasteiger charge is -2.20. The number of carbonyl (C=O) groups is 1. The van der Waals surface area contributed by atoms with Crippen molar-refractivity contribution in [2.45, 2.75) is 6.04 Å². The quantitative estimate of drug-likeness (QED) is 0.697. The fourth-order valence-electron chi connectivity index (χ4n) is 2.54. The zero-order chi connectivity index (χ0) is 18.0. The third-order valence-corrected chi connectivity index (χ3v) is 4.43. The van der Waals surface area contributed by atoms with Crippen LogP contribution in [0.5, 0.6) is 0 Å². The molecule has 0 aliphatic carbocycles. The van der Waals surface area contributed by atoms with Crippen LogP contribution in [0.3, 0.4) is 0 Å². The van der Waals surface area contributed by atoms with Gasteiger partial charge in [-0.1, -0.05) is 39.7 Å². The average Bonchev–Trinajstić information content (AvgIpc) is 2.56. The molecule has 0 saturated heterocycles. The summed E-state index contributed by atoms with van der Waals surface area (Å²) >= 11 is 9.41. The Kier molecular flexibility index (Phi) is 5.06. The Bertz CT molecular complexity index is 1010. The molecule has 2 N–H and O–H groups in total. The molecule has 1 heterocycles. The van der Waals surface area contributed by atoms with Crippen molar-refractivity contribution in [2.24, 2.45) is 5.73 Å². The van der Waals surface area contributed by atoms with E-state index in [0.717, 1.165) is 4.47 Å². The molecule has 3 aromatic rings. The number of aromatic nitrogens is 2. The summed E-state index contributed by atoms with van der Waals surface area (Å²) in [4.78, 5) is 28.2. The molecule has 0 saturated carbocycles. The summed E-state index contributed by atoms with van der Waals surface area (Å²) in [5.41, 5.74) is 6.09. The summed E-state index contributed by atoms with van der Waals surface area (Å²) in [5.74, 6) is 0. The van der Waals surface area contributed by atoms with Crippen LogP contribution in [0, 0.1) is 0 Å². The molecule has 25 heavy (non-hydrogen) atoms. The van der Waals surface area contributed by atoms with Gasteiger partial charge in [-0.15, -0.1) is 0 Å². The molecule has 1 amide bonds. The lowest BCUT2D eigenvalue weighted by atomic mass is 10.1. The largest absolute Gasteiger partial charge is 0.447 e. The van der Waals surface area contributed by atoms with Gasteiger partial charge in [-0.05, 0) is 35.9 Å². The van der Waals surface area contributed by atoms with E-state index in [0.29, 0.717) is 21.5 Å². The van der Waals surface area contributed by atoms with E-state index in [4.69, 9.17) is 22.1 Å². The summed E-state index contributed by atoms with van der Waals surface area (Å²) in [7, 11) is 0. The van der Waals surface area contributed by atoms with E-state index >= 15 is 0 Å². The van der Waals surface area contributed by atoms with Gasteiger partial charge in [-0.3, -0.25) is 9.36 Å². The predicted octanol–water partition coefficient (Wildman–Crippen LogP) is 3.50. The van der Waals surface area contributed by atoms with Crippen molar-refractivity contribution in [2.75, 3.05) is 6.61 Å². The monoisotopic (exact) mass is 421 g/mol. The van der Waals surface area contributed by atoms with Crippen LogP contribution in [-0.2, 0) is 4.74 Å². The highest BCUT2D eigenvalue weighted by Gasteiger charge is 2.19. The van der Waals surface area contributed by atoms with Crippen LogP contribution in [0.4, 0.5) is 4.79 Å². The number of fused-ring (bicyclic) bond motifs is 1. The topological polar surface area (TPSA) is 87.2 Å². The number of rotatable bonds is 4. The maximum absolute atomic E-state index is 12.9. The predicted molar refractivity (Wildman–Crippen MR) is 98.8 cm³/mol. The second-order valence-corrected chi connectivity index (χ2v) is 6.67. The van der Waals surface area contributed by atoms with Crippen molar-refractivity contribution in [3.05, 3.63) is 74.2 Å². The third-order valence-electron chi connectivity index (χ3n) is 3.70. The molecule has 0 bridgehead atoms. The average molecular weight is 423 g/mol. The number of nitrogens with zero attached hydrogens (tertiary/aromatic N) is 2. The van der Waals surface area contributed by atoms with E-state index in [2.05, 4.69) is 20.9 Å². The van der Waals surface area contributed by atoms with Crippen molar-refractivity contribution >= 4 is 44.5 Å². The minimum absolute atomic E-state index is 0.112. The van der Waals surface area contributed by atoms with Crippen LogP contribution >= 0.6 is 27.5 Å². The highest BCUT2D eigenvalue weighted by molar-refractivity contribution is 9.10. The Morgan fingerprint density at radius 3 is 2.84 bits per heavy atom. The zero-order valence-electron chi connectivity index (χ0n) is 12.9. The van der Waals surface area contributed by atoms with E-state index in [-0.39, 0.29) is 12.2 Å². The Morgan fingerprint density at radius 2 is 2.12 bits per heavy atom. The van der Waals surface area contributed by atoms with Gasteiger partial charge in [0.05, 0.1) is 23.3 Å². The van der Waals surface area contributed by atoms with Gasteiger partial charge in [0.2, 0.25) is 0 Å². The van der Waals surface area contributed by atoms with Crippen molar-refractivity contribution in [3.8, 4) is 0 Å². The highest BCUT2D eigenvalue weighted by Crippen LogP contribution is 2.22. The van der Waals surface area contributed by atoms with Crippen LogP contribution in [0.2, 0.25) is 5.02 Å². The summed E-state index contributed by atoms with van der Waals surface area (Å²) < 4.78 is 7.17. The molecule has 0 spiro atoms. The number of carbonyl (C=O) groups excluding carboxylic acids is 1. The summed E-state index contributed by atoms with van der Waals surface area (Å²) in [5, 5.41) is 0.962. The summed E-state index contributed by atoms with van der Waals surface area (Å²) in [6.07, 6.45) is 0.505. The van der Waals surface area contributed by atoms with E-state index in [1.165, 1.54) is 10.9 Å². The Morgan fingerprint density at radius 1 is 1.32 bits per heavy atom. The molecule has 6 nitrogen and oxygen atoms in total. The molecule has 1 aromatic heterocycles. The Balaban J connectivity index is 2.14. The number of benzene rings is 2. The standard InChI is InChI=1S/C17H13BrClN3O3/c18-11-4-5-13-14(7-11)21-9-22(16(13)23)15(8-25-17(20)24)10-2-1-3-12(19)6-10/h1-7,9,15H,8H2,(H2,20,24). The Labute approximate surface area is 156 Å². The lowest BCUT2D eigenvalue weighted by molar-refractivity contribution is 0.144. The molecule has 3 rings (SSSR count). The van der Waals surface area contributed by atoms with E-state index < -0.39 is 12.1 Å². The number of hydrogen-bond acceptors (Lipinski definition) is 4. The maximum Gasteiger partial charge on any atom is 0.404 e. The first kappa shape index (κ1) is 17.4. The second kappa shape index (κ2) is 7.25. The first-order chi connectivity index (χ1) is 12.0. The van der Waals surface area contributed by atoms with Crippen LogP contribution in [0.15, 0.2) is 58.1 Å². The van der Waals surface area contributed by atoms with Crippen molar-refractivity contribution in [3.63, 3.8) is 0 Å². The molecular formula is C17H13BrClN3O3. The number of hydrogen-bond donors (Lipinski definition) is 1. The zero-order valence-corrected chi connectivity index (χ0v) is 15.2. The van der Waals surface area contributed by atoms with Crippen LogP contribution < -0.4 is 11.3 Å².